The fourth-order valence-electron chi connectivity index (χ4n) is 1.78. The maximum Gasteiger partial charge on any atom is 0.433 e. The second kappa shape index (κ2) is 5.78. The van der Waals surface area contributed by atoms with E-state index < -0.39 is 11.9 Å². The van der Waals surface area contributed by atoms with Gasteiger partial charge in [0.15, 0.2) is 0 Å². The number of aryl methyl sites for hydroxylation is 2. The van der Waals surface area contributed by atoms with Crippen LogP contribution < -0.4 is 0 Å². The van der Waals surface area contributed by atoms with Crippen LogP contribution in [0.25, 0.3) is 0 Å². The maximum atomic E-state index is 12.7. The number of nitriles is 1. The Labute approximate surface area is 124 Å². The van der Waals surface area contributed by atoms with Crippen LogP contribution >= 0.6 is 11.8 Å². The minimum Gasteiger partial charge on any atom is -0.235 e. The number of hydrogen-bond acceptors (Lipinski definition) is 3. The number of alkyl halides is 3. The minimum absolute atomic E-state index is 0.0688. The third kappa shape index (κ3) is 3.56. The highest BCUT2D eigenvalue weighted by atomic mass is 32.2. The average molecular weight is 308 g/mol. The average Bonchev–Trinajstić information content (AvgIpc) is 2.41. The summed E-state index contributed by atoms with van der Waals surface area (Å²) in [6, 6.07) is 9.47. The lowest BCUT2D eigenvalue weighted by Gasteiger charge is -2.10. The van der Waals surface area contributed by atoms with Crippen LogP contribution in [0, 0.1) is 25.2 Å². The molecule has 0 saturated carbocycles. The van der Waals surface area contributed by atoms with Gasteiger partial charge in [-0.1, -0.05) is 29.5 Å². The molecule has 0 atom stereocenters. The molecule has 2 aromatic rings. The highest BCUT2D eigenvalue weighted by molar-refractivity contribution is 7.99. The second-order valence-corrected chi connectivity index (χ2v) is 5.56. The topological polar surface area (TPSA) is 36.7 Å². The van der Waals surface area contributed by atoms with Gasteiger partial charge in [-0.3, -0.25) is 0 Å². The smallest absolute Gasteiger partial charge is 0.235 e. The maximum absolute atomic E-state index is 12.7. The van der Waals surface area contributed by atoms with Crippen LogP contribution in [0.4, 0.5) is 13.2 Å². The summed E-state index contributed by atoms with van der Waals surface area (Å²) in [7, 11) is 0. The number of rotatable bonds is 2. The first-order valence-electron chi connectivity index (χ1n) is 6.04. The van der Waals surface area contributed by atoms with Gasteiger partial charge < -0.3 is 0 Å². The van der Waals surface area contributed by atoms with Crippen LogP contribution in [0.1, 0.15) is 22.4 Å². The summed E-state index contributed by atoms with van der Waals surface area (Å²) < 4.78 is 38.2. The fourth-order valence-corrected chi connectivity index (χ4v) is 2.71. The third-order valence-electron chi connectivity index (χ3n) is 2.81. The molecule has 0 N–H and O–H groups in total. The summed E-state index contributed by atoms with van der Waals surface area (Å²) in [5.74, 6) is 0. The number of halogens is 3. The van der Waals surface area contributed by atoms with Crippen LogP contribution in [-0.4, -0.2) is 4.98 Å². The summed E-state index contributed by atoms with van der Waals surface area (Å²) in [6.07, 6.45) is -4.52. The highest BCUT2D eigenvalue weighted by Gasteiger charge is 2.33. The van der Waals surface area contributed by atoms with E-state index in [1.54, 1.807) is 0 Å². The van der Waals surface area contributed by atoms with E-state index in [1.807, 2.05) is 38.1 Å². The van der Waals surface area contributed by atoms with Crippen molar-refractivity contribution in [3.63, 3.8) is 0 Å². The summed E-state index contributed by atoms with van der Waals surface area (Å²) in [5, 5.41) is 9.09. The van der Waals surface area contributed by atoms with Gasteiger partial charge in [-0.15, -0.1) is 0 Å². The third-order valence-corrected chi connectivity index (χ3v) is 3.99. The van der Waals surface area contributed by atoms with Crippen molar-refractivity contribution < 1.29 is 13.2 Å². The molecule has 0 aliphatic rings. The van der Waals surface area contributed by atoms with E-state index in [4.69, 9.17) is 5.26 Å². The van der Waals surface area contributed by atoms with E-state index in [0.29, 0.717) is 0 Å². The molecule has 2 rings (SSSR count). The van der Waals surface area contributed by atoms with E-state index >= 15 is 0 Å². The largest absolute Gasteiger partial charge is 0.433 e. The lowest BCUT2D eigenvalue weighted by atomic mass is 10.2. The molecule has 6 heteroatoms. The first-order chi connectivity index (χ1) is 9.81. The van der Waals surface area contributed by atoms with Gasteiger partial charge in [0.05, 0.1) is 5.56 Å². The van der Waals surface area contributed by atoms with E-state index in [2.05, 4.69) is 4.98 Å². The van der Waals surface area contributed by atoms with Crippen molar-refractivity contribution in [3.05, 3.63) is 52.7 Å². The Balaban J connectivity index is 2.45. The molecule has 1 heterocycles. The zero-order valence-electron chi connectivity index (χ0n) is 11.3. The van der Waals surface area contributed by atoms with Crippen molar-refractivity contribution in [2.75, 3.05) is 0 Å². The van der Waals surface area contributed by atoms with Crippen molar-refractivity contribution in [2.24, 2.45) is 0 Å². The highest BCUT2D eigenvalue weighted by Crippen LogP contribution is 2.35. The molecule has 0 radical (unpaired) electrons. The number of pyridine rings is 1. The van der Waals surface area contributed by atoms with Gasteiger partial charge in [-0.05, 0) is 37.6 Å². The Hall–Kier alpha value is -2.00. The molecular formula is C15H11F3N2S. The van der Waals surface area contributed by atoms with Gasteiger partial charge in [0.1, 0.15) is 16.8 Å². The lowest BCUT2D eigenvalue weighted by Crippen LogP contribution is -2.08. The molecule has 2 nitrogen and oxygen atoms in total. The quantitative estimate of drug-likeness (QED) is 0.804. The Morgan fingerprint density at radius 2 is 1.86 bits per heavy atom. The lowest BCUT2D eigenvalue weighted by molar-refractivity contribution is -0.141. The molecule has 1 aromatic carbocycles. The fraction of sp³-hybridized carbons (Fsp3) is 0.200. The first kappa shape index (κ1) is 15.4. The molecular weight excluding hydrogens is 297 g/mol. The zero-order valence-corrected chi connectivity index (χ0v) is 12.1. The molecule has 0 spiro atoms. The van der Waals surface area contributed by atoms with E-state index in [-0.39, 0.29) is 10.6 Å². The summed E-state index contributed by atoms with van der Waals surface area (Å²) in [6.45, 7) is 3.81. The Kier molecular flexibility index (Phi) is 4.24. The Bertz CT molecular complexity index is 718. The molecule has 21 heavy (non-hydrogen) atoms. The molecule has 0 aliphatic carbocycles. The SMILES string of the molecule is Cc1ccc(Sc2nc(C(F)(F)F)ccc2C#N)c(C)c1. The molecule has 0 amide bonds. The van der Waals surface area contributed by atoms with Crippen LogP contribution in [0.2, 0.25) is 0 Å². The predicted molar refractivity (Wildman–Crippen MR) is 74.0 cm³/mol. The molecule has 0 fully saturated rings. The van der Waals surface area contributed by atoms with Gasteiger partial charge in [0, 0.05) is 4.90 Å². The van der Waals surface area contributed by atoms with E-state index in [9.17, 15) is 13.2 Å². The van der Waals surface area contributed by atoms with Crippen molar-refractivity contribution in [1.82, 2.24) is 4.98 Å². The normalized spacial score (nSPS) is 11.2. The van der Waals surface area contributed by atoms with Gasteiger partial charge in [-0.2, -0.15) is 18.4 Å². The van der Waals surface area contributed by atoms with Crippen molar-refractivity contribution in [2.45, 2.75) is 29.9 Å². The molecule has 108 valence electrons. The Morgan fingerprint density at radius 1 is 1.14 bits per heavy atom. The van der Waals surface area contributed by atoms with Crippen molar-refractivity contribution in [1.29, 1.82) is 5.26 Å². The monoisotopic (exact) mass is 308 g/mol. The van der Waals surface area contributed by atoms with Gasteiger partial charge >= 0.3 is 6.18 Å². The van der Waals surface area contributed by atoms with Crippen LogP contribution in [0.3, 0.4) is 0 Å². The number of nitrogens with zero attached hydrogens (tertiary/aromatic N) is 2. The number of aromatic nitrogens is 1. The standard InChI is InChI=1S/C15H11F3N2S/c1-9-3-5-12(10(2)7-9)21-14-11(8-19)4-6-13(20-14)15(16,17)18/h3-7H,1-2H3. The Morgan fingerprint density at radius 3 is 2.43 bits per heavy atom. The summed E-state index contributed by atoms with van der Waals surface area (Å²) >= 11 is 1.07. The van der Waals surface area contributed by atoms with Crippen LogP contribution in [0.5, 0.6) is 0 Å². The number of hydrogen-bond donors (Lipinski definition) is 0. The van der Waals surface area contributed by atoms with Crippen LogP contribution in [0.15, 0.2) is 40.3 Å². The molecule has 1 aromatic heterocycles. The molecule has 0 saturated heterocycles. The second-order valence-electron chi connectivity index (χ2n) is 4.53. The minimum atomic E-state index is -4.52. The first-order valence-corrected chi connectivity index (χ1v) is 6.86. The van der Waals surface area contributed by atoms with Crippen LogP contribution in [-0.2, 0) is 6.18 Å². The van der Waals surface area contributed by atoms with Crippen molar-refractivity contribution >= 4 is 11.8 Å². The van der Waals surface area contributed by atoms with Gasteiger partial charge in [-0.25, -0.2) is 4.98 Å². The van der Waals surface area contributed by atoms with Gasteiger partial charge in [0.2, 0.25) is 0 Å². The summed E-state index contributed by atoms with van der Waals surface area (Å²) in [5.41, 5.74) is 1.14. The van der Waals surface area contributed by atoms with Crippen molar-refractivity contribution in [3.8, 4) is 6.07 Å². The predicted octanol–water partition coefficient (Wildman–Crippen LogP) is 4.74. The molecule has 0 unspecified atom stereocenters. The van der Waals surface area contributed by atoms with Gasteiger partial charge in [0.25, 0.3) is 0 Å². The van der Waals surface area contributed by atoms with E-state index in [1.165, 1.54) is 0 Å². The number of benzene rings is 1. The van der Waals surface area contributed by atoms with E-state index in [0.717, 1.165) is 39.9 Å². The summed E-state index contributed by atoms with van der Waals surface area (Å²) in [4.78, 5) is 4.37. The zero-order chi connectivity index (χ0) is 15.6. The molecule has 0 aliphatic heterocycles. The molecule has 0 bridgehead atoms.